The lowest BCUT2D eigenvalue weighted by atomic mass is 10.1. The molecule has 0 fully saturated rings. The highest BCUT2D eigenvalue weighted by molar-refractivity contribution is 6.18. The Morgan fingerprint density at radius 3 is 2.53 bits per heavy atom. The molecule has 1 N–H and O–H groups in total. The second kappa shape index (κ2) is 11.6. The molecule has 0 saturated heterocycles. The van der Waals surface area contributed by atoms with Crippen molar-refractivity contribution in [1.29, 1.82) is 0 Å². The first-order chi connectivity index (χ1) is 7.31. The van der Waals surface area contributed by atoms with Crippen LogP contribution in [0.1, 0.15) is 45.4 Å². The molecule has 0 aromatic carbocycles. The molecule has 0 aliphatic heterocycles. The average Bonchev–Trinajstić information content (AvgIpc) is 2.25. The number of halogens is 1. The van der Waals surface area contributed by atoms with Gasteiger partial charge in [-0.15, -0.1) is 11.6 Å². The molecular weight excluding hydrogens is 214 g/mol. The van der Waals surface area contributed by atoms with Crippen LogP contribution in [0.3, 0.4) is 0 Å². The highest BCUT2D eigenvalue weighted by Crippen LogP contribution is 2.03. The minimum absolute atomic E-state index is 0.282. The maximum Gasteiger partial charge on any atom is 0.407 e. The first kappa shape index (κ1) is 14.6. The molecule has 0 bridgehead atoms. The lowest BCUT2D eigenvalue weighted by Gasteiger charge is -2.05. The molecule has 0 unspecified atom stereocenters. The van der Waals surface area contributed by atoms with Gasteiger partial charge in [-0.05, 0) is 6.42 Å². The number of alkyl carbamates (subject to hydrolysis) is 1. The number of alkyl halides is 1. The fourth-order valence-electron chi connectivity index (χ4n) is 1.28. The Bertz CT molecular complexity index is 154. The van der Waals surface area contributed by atoms with E-state index < -0.39 is 0 Å². The van der Waals surface area contributed by atoms with Gasteiger partial charge >= 0.3 is 6.09 Å². The summed E-state index contributed by atoms with van der Waals surface area (Å²) in [5.41, 5.74) is 0. The van der Waals surface area contributed by atoms with Crippen LogP contribution in [-0.2, 0) is 4.74 Å². The Morgan fingerprint density at radius 1 is 1.20 bits per heavy atom. The van der Waals surface area contributed by atoms with Gasteiger partial charge in [-0.2, -0.15) is 0 Å². The Morgan fingerprint density at radius 2 is 1.87 bits per heavy atom. The molecule has 0 aromatic heterocycles. The van der Waals surface area contributed by atoms with Crippen molar-refractivity contribution >= 4 is 17.7 Å². The average molecular weight is 236 g/mol. The van der Waals surface area contributed by atoms with Gasteiger partial charge in [-0.1, -0.05) is 39.0 Å². The zero-order chi connectivity index (χ0) is 11.4. The number of ether oxygens (including phenoxy) is 1. The molecule has 15 heavy (non-hydrogen) atoms. The van der Waals surface area contributed by atoms with Crippen molar-refractivity contribution in [3.05, 3.63) is 0 Å². The molecule has 0 spiro atoms. The van der Waals surface area contributed by atoms with E-state index in [0.29, 0.717) is 12.4 Å². The number of hydrogen-bond donors (Lipinski definition) is 1. The van der Waals surface area contributed by atoms with E-state index in [2.05, 4.69) is 12.2 Å². The Kier molecular flexibility index (Phi) is 11.3. The van der Waals surface area contributed by atoms with E-state index in [1.54, 1.807) is 0 Å². The number of hydrogen-bond acceptors (Lipinski definition) is 2. The fourth-order valence-corrected chi connectivity index (χ4v) is 1.36. The molecule has 0 atom stereocenters. The SMILES string of the molecule is CCCCCCCCNC(=O)OCCCl. The van der Waals surface area contributed by atoms with E-state index in [4.69, 9.17) is 16.3 Å². The maximum absolute atomic E-state index is 10.9. The van der Waals surface area contributed by atoms with E-state index in [-0.39, 0.29) is 12.7 Å². The monoisotopic (exact) mass is 235 g/mol. The molecule has 0 aliphatic rings. The fraction of sp³-hybridized carbons (Fsp3) is 0.909. The van der Waals surface area contributed by atoms with Crippen LogP contribution in [-0.4, -0.2) is 25.1 Å². The van der Waals surface area contributed by atoms with E-state index in [0.717, 1.165) is 6.42 Å². The molecule has 4 heteroatoms. The van der Waals surface area contributed by atoms with Crippen molar-refractivity contribution in [2.45, 2.75) is 45.4 Å². The highest BCUT2D eigenvalue weighted by atomic mass is 35.5. The molecule has 0 heterocycles. The van der Waals surface area contributed by atoms with Crippen LogP contribution in [0.2, 0.25) is 0 Å². The van der Waals surface area contributed by atoms with Crippen LogP contribution >= 0.6 is 11.6 Å². The van der Waals surface area contributed by atoms with E-state index in [1.807, 2.05) is 0 Å². The summed E-state index contributed by atoms with van der Waals surface area (Å²) in [6.07, 6.45) is 6.98. The Hall–Kier alpha value is -0.440. The topological polar surface area (TPSA) is 38.3 Å². The van der Waals surface area contributed by atoms with Crippen LogP contribution < -0.4 is 5.32 Å². The van der Waals surface area contributed by atoms with Gasteiger partial charge in [0.25, 0.3) is 0 Å². The third-order valence-electron chi connectivity index (χ3n) is 2.11. The number of carbonyl (C=O) groups excluding carboxylic acids is 1. The molecule has 0 radical (unpaired) electrons. The van der Waals surface area contributed by atoms with Crippen LogP contribution in [0.5, 0.6) is 0 Å². The predicted octanol–water partition coefficient (Wildman–Crippen LogP) is 3.31. The molecule has 0 aromatic rings. The molecule has 0 aliphatic carbocycles. The van der Waals surface area contributed by atoms with Gasteiger partial charge in [-0.3, -0.25) is 0 Å². The number of unbranched alkanes of at least 4 members (excludes halogenated alkanes) is 5. The first-order valence-corrected chi connectivity index (χ1v) is 6.31. The van der Waals surface area contributed by atoms with Gasteiger partial charge in [0.05, 0.1) is 5.88 Å². The molecule has 1 amide bonds. The summed E-state index contributed by atoms with van der Waals surface area (Å²) in [5.74, 6) is 0.352. The summed E-state index contributed by atoms with van der Waals surface area (Å²) >= 11 is 5.37. The quantitative estimate of drug-likeness (QED) is 0.492. The summed E-state index contributed by atoms with van der Waals surface area (Å²) in [7, 11) is 0. The number of amides is 1. The molecule has 90 valence electrons. The first-order valence-electron chi connectivity index (χ1n) is 5.77. The van der Waals surface area contributed by atoms with Gasteiger partial charge in [-0.25, -0.2) is 4.79 Å². The van der Waals surface area contributed by atoms with Crippen LogP contribution in [0, 0.1) is 0 Å². The third-order valence-corrected chi connectivity index (χ3v) is 2.26. The third kappa shape index (κ3) is 11.5. The second-order valence-electron chi connectivity index (χ2n) is 3.52. The summed E-state index contributed by atoms with van der Waals surface area (Å²) in [4.78, 5) is 10.9. The normalized spacial score (nSPS) is 10.0. The van der Waals surface area contributed by atoms with Gasteiger partial charge in [0.2, 0.25) is 0 Å². The number of rotatable bonds is 9. The van der Waals surface area contributed by atoms with Crippen LogP contribution in [0.15, 0.2) is 0 Å². The Balaban J connectivity index is 3.06. The summed E-state index contributed by atoms with van der Waals surface area (Å²) in [6, 6.07) is 0. The minimum atomic E-state index is -0.357. The lowest BCUT2D eigenvalue weighted by Crippen LogP contribution is -2.25. The second-order valence-corrected chi connectivity index (χ2v) is 3.90. The smallest absolute Gasteiger partial charge is 0.407 e. The van der Waals surface area contributed by atoms with E-state index in [9.17, 15) is 4.79 Å². The molecular formula is C11H22ClNO2. The lowest BCUT2D eigenvalue weighted by molar-refractivity contribution is 0.153. The highest BCUT2D eigenvalue weighted by Gasteiger charge is 1.99. The Labute approximate surface area is 97.5 Å². The van der Waals surface area contributed by atoms with E-state index >= 15 is 0 Å². The van der Waals surface area contributed by atoms with Crippen molar-refractivity contribution in [3.8, 4) is 0 Å². The molecule has 0 rings (SSSR count). The van der Waals surface area contributed by atoms with Gasteiger partial charge < -0.3 is 10.1 Å². The van der Waals surface area contributed by atoms with Crippen LogP contribution in [0.25, 0.3) is 0 Å². The van der Waals surface area contributed by atoms with Gasteiger partial charge in [0, 0.05) is 6.54 Å². The van der Waals surface area contributed by atoms with Gasteiger partial charge in [0.15, 0.2) is 0 Å². The maximum atomic E-state index is 10.9. The zero-order valence-corrected chi connectivity index (χ0v) is 10.3. The standard InChI is InChI=1S/C11H22ClNO2/c1-2-3-4-5-6-7-9-13-11(14)15-10-8-12/h2-10H2,1H3,(H,13,14). The number of carbonyl (C=O) groups is 1. The molecule has 0 saturated carbocycles. The van der Waals surface area contributed by atoms with Crippen molar-refractivity contribution < 1.29 is 9.53 Å². The van der Waals surface area contributed by atoms with Gasteiger partial charge in [0.1, 0.15) is 6.61 Å². The summed E-state index contributed by atoms with van der Waals surface area (Å²) < 4.78 is 4.75. The summed E-state index contributed by atoms with van der Waals surface area (Å²) in [5, 5.41) is 2.69. The van der Waals surface area contributed by atoms with Crippen molar-refractivity contribution in [3.63, 3.8) is 0 Å². The predicted molar refractivity (Wildman–Crippen MR) is 63.4 cm³/mol. The summed E-state index contributed by atoms with van der Waals surface area (Å²) in [6.45, 7) is 3.19. The number of nitrogens with one attached hydrogen (secondary N) is 1. The van der Waals surface area contributed by atoms with Crippen molar-refractivity contribution in [2.75, 3.05) is 19.0 Å². The zero-order valence-electron chi connectivity index (χ0n) is 9.56. The largest absolute Gasteiger partial charge is 0.448 e. The van der Waals surface area contributed by atoms with Crippen molar-refractivity contribution in [1.82, 2.24) is 5.32 Å². The minimum Gasteiger partial charge on any atom is -0.448 e. The van der Waals surface area contributed by atoms with E-state index in [1.165, 1.54) is 32.1 Å². The van der Waals surface area contributed by atoms with Crippen molar-refractivity contribution in [2.24, 2.45) is 0 Å². The van der Waals surface area contributed by atoms with Crippen LogP contribution in [0.4, 0.5) is 4.79 Å². The molecule has 3 nitrogen and oxygen atoms in total.